The first-order valence-corrected chi connectivity index (χ1v) is 8.19. The maximum atomic E-state index is 12.9. The first kappa shape index (κ1) is 19.0. The molecule has 0 fully saturated rings. The van der Waals surface area contributed by atoms with Crippen LogP contribution in [-0.4, -0.2) is 44.4 Å². The Labute approximate surface area is 157 Å². The van der Waals surface area contributed by atoms with E-state index in [0.717, 1.165) is 0 Å². The predicted molar refractivity (Wildman–Crippen MR) is 90.1 cm³/mol. The lowest BCUT2D eigenvalue weighted by molar-refractivity contribution is -0.0242. The molecule has 1 N–H and O–H groups in total. The molecular formula is C17H14ClF2N3O4. The highest BCUT2D eigenvalue weighted by molar-refractivity contribution is 6.31. The number of carboxylic acids is 1. The van der Waals surface area contributed by atoms with Crippen molar-refractivity contribution in [1.29, 1.82) is 0 Å². The number of nitrogens with zero attached hydrogens (tertiary/aromatic N) is 3. The van der Waals surface area contributed by atoms with Crippen molar-refractivity contribution in [3.05, 3.63) is 51.9 Å². The van der Waals surface area contributed by atoms with Gasteiger partial charge in [-0.25, -0.2) is 23.5 Å². The van der Waals surface area contributed by atoms with E-state index in [-0.39, 0.29) is 41.2 Å². The third-order valence-electron chi connectivity index (χ3n) is 3.82. The van der Waals surface area contributed by atoms with E-state index in [1.807, 2.05) is 0 Å². The number of pyridine rings is 2. The highest BCUT2D eigenvalue weighted by Gasteiger charge is 2.32. The average Bonchev–Trinajstić information content (AvgIpc) is 2.89. The standard InChI is InChI=1S/C17H14ClF2N3O4/c1-17(19,20)8-27-14-12(18)4-9(5-22-14)6-23-7-11-10(15(23)24)2-3-21-13(11)16(25)26/h2-5H,6-8H2,1H3,(H,25,26). The van der Waals surface area contributed by atoms with Crippen molar-refractivity contribution in [2.24, 2.45) is 0 Å². The number of fused-ring (bicyclic) bond motifs is 1. The van der Waals surface area contributed by atoms with Gasteiger partial charge in [-0.15, -0.1) is 0 Å². The van der Waals surface area contributed by atoms with Gasteiger partial charge in [0.15, 0.2) is 12.3 Å². The van der Waals surface area contributed by atoms with Gasteiger partial charge in [-0.05, 0) is 17.7 Å². The molecule has 27 heavy (non-hydrogen) atoms. The largest absolute Gasteiger partial charge is 0.477 e. The van der Waals surface area contributed by atoms with Crippen LogP contribution in [0, 0.1) is 0 Å². The molecule has 0 spiro atoms. The first-order chi connectivity index (χ1) is 12.7. The molecule has 7 nitrogen and oxygen atoms in total. The van der Waals surface area contributed by atoms with Gasteiger partial charge >= 0.3 is 5.97 Å². The molecule has 142 valence electrons. The summed E-state index contributed by atoms with van der Waals surface area (Å²) in [5, 5.41) is 9.23. The lowest BCUT2D eigenvalue weighted by atomic mass is 10.1. The monoisotopic (exact) mass is 397 g/mol. The zero-order valence-electron chi connectivity index (χ0n) is 14.1. The second-order valence-corrected chi connectivity index (χ2v) is 6.55. The van der Waals surface area contributed by atoms with Gasteiger partial charge < -0.3 is 14.7 Å². The summed E-state index contributed by atoms with van der Waals surface area (Å²) in [6, 6.07) is 2.93. The third-order valence-corrected chi connectivity index (χ3v) is 4.10. The average molecular weight is 398 g/mol. The fourth-order valence-electron chi connectivity index (χ4n) is 2.67. The third kappa shape index (κ3) is 4.13. The zero-order chi connectivity index (χ0) is 19.8. The van der Waals surface area contributed by atoms with E-state index in [1.54, 1.807) is 0 Å². The number of rotatable bonds is 6. The van der Waals surface area contributed by atoms with E-state index < -0.39 is 18.5 Å². The van der Waals surface area contributed by atoms with Crippen LogP contribution >= 0.6 is 11.6 Å². The molecule has 0 atom stereocenters. The van der Waals surface area contributed by atoms with Crippen molar-refractivity contribution < 1.29 is 28.2 Å². The van der Waals surface area contributed by atoms with E-state index in [9.17, 15) is 23.5 Å². The summed E-state index contributed by atoms with van der Waals surface area (Å²) < 4.78 is 30.6. The number of halogens is 3. The van der Waals surface area contributed by atoms with Crippen molar-refractivity contribution in [3.8, 4) is 5.88 Å². The summed E-state index contributed by atoms with van der Waals surface area (Å²) >= 11 is 6.01. The molecule has 1 aliphatic rings. The number of hydrogen-bond acceptors (Lipinski definition) is 5. The highest BCUT2D eigenvalue weighted by Crippen LogP contribution is 2.29. The smallest absolute Gasteiger partial charge is 0.354 e. The van der Waals surface area contributed by atoms with Gasteiger partial charge in [0.1, 0.15) is 5.02 Å². The number of carbonyl (C=O) groups excluding carboxylic acids is 1. The Morgan fingerprint density at radius 1 is 1.44 bits per heavy atom. The summed E-state index contributed by atoms with van der Waals surface area (Å²) in [6.45, 7) is 0.0567. The summed E-state index contributed by atoms with van der Waals surface area (Å²) in [7, 11) is 0. The normalized spacial score (nSPS) is 13.6. The second-order valence-electron chi connectivity index (χ2n) is 6.14. The fourth-order valence-corrected chi connectivity index (χ4v) is 2.91. The molecule has 0 aromatic carbocycles. The van der Waals surface area contributed by atoms with Gasteiger partial charge in [0.05, 0.1) is 0 Å². The fraction of sp³-hybridized carbons (Fsp3) is 0.294. The van der Waals surface area contributed by atoms with E-state index in [2.05, 4.69) is 9.97 Å². The first-order valence-electron chi connectivity index (χ1n) is 7.81. The minimum absolute atomic E-state index is 0.0359. The lowest BCUT2D eigenvalue weighted by Gasteiger charge is -2.17. The topological polar surface area (TPSA) is 92.6 Å². The van der Waals surface area contributed by atoms with Crippen LogP contribution in [0.1, 0.15) is 38.9 Å². The number of hydrogen-bond donors (Lipinski definition) is 1. The van der Waals surface area contributed by atoms with E-state index in [1.165, 1.54) is 29.4 Å². The van der Waals surface area contributed by atoms with Crippen LogP contribution in [0.25, 0.3) is 0 Å². The van der Waals surface area contributed by atoms with E-state index in [4.69, 9.17) is 16.3 Å². The molecule has 2 aromatic heterocycles. The molecule has 0 radical (unpaired) electrons. The molecule has 3 heterocycles. The number of carboxylic acid groups (broad SMARTS) is 1. The zero-order valence-corrected chi connectivity index (χ0v) is 14.8. The van der Waals surface area contributed by atoms with Crippen LogP contribution in [0.5, 0.6) is 5.88 Å². The second kappa shape index (κ2) is 7.07. The van der Waals surface area contributed by atoms with Crippen LogP contribution in [0.2, 0.25) is 5.02 Å². The van der Waals surface area contributed by atoms with E-state index >= 15 is 0 Å². The quantitative estimate of drug-likeness (QED) is 0.805. The summed E-state index contributed by atoms with van der Waals surface area (Å²) in [4.78, 5) is 32.9. The number of ether oxygens (including phenoxy) is 1. The van der Waals surface area contributed by atoms with Crippen molar-refractivity contribution >= 4 is 23.5 Å². The van der Waals surface area contributed by atoms with Crippen LogP contribution in [-0.2, 0) is 13.1 Å². The molecule has 3 rings (SSSR count). The Kier molecular flexibility index (Phi) is 4.97. The molecule has 1 amide bonds. The Bertz CT molecular complexity index is 918. The van der Waals surface area contributed by atoms with Crippen molar-refractivity contribution in [2.45, 2.75) is 25.9 Å². The molecule has 2 aromatic rings. The minimum Gasteiger partial charge on any atom is -0.477 e. The van der Waals surface area contributed by atoms with Crippen molar-refractivity contribution in [2.75, 3.05) is 6.61 Å². The van der Waals surface area contributed by atoms with Crippen molar-refractivity contribution in [1.82, 2.24) is 14.9 Å². The van der Waals surface area contributed by atoms with Crippen LogP contribution in [0.15, 0.2) is 24.5 Å². The molecule has 0 aliphatic carbocycles. The summed E-state index contributed by atoms with van der Waals surface area (Å²) in [5.74, 6) is -4.69. The Morgan fingerprint density at radius 3 is 2.81 bits per heavy atom. The lowest BCUT2D eigenvalue weighted by Crippen LogP contribution is -2.23. The molecule has 0 saturated carbocycles. The van der Waals surface area contributed by atoms with Crippen LogP contribution in [0.3, 0.4) is 0 Å². The number of carbonyl (C=O) groups is 2. The Hall–Kier alpha value is -2.81. The number of aromatic carboxylic acids is 1. The predicted octanol–water partition coefficient (Wildman–Crippen LogP) is 3.02. The van der Waals surface area contributed by atoms with Crippen molar-refractivity contribution in [3.63, 3.8) is 0 Å². The summed E-state index contributed by atoms with van der Waals surface area (Å²) in [5.41, 5.74) is 1.01. The van der Waals surface area contributed by atoms with Crippen LogP contribution in [0.4, 0.5) is 8.78 Å². The van der Waals surface area contributed by atoms with Gasteiger partial charge in [0, 0.05) is 43.5 Å². The maximum absolute atomic E-state index is 12.9. The molecule has 10 heteroatoms. The number of amides is 1. The highest BCUT2D eigenvalue weighted by atomic mass is 35.5. The van der Waals surface area contributed by atoms with Gasteiger partial charge in [0.2, 0.25) is 5.88 Å². The number of aromatic nitrogens is 2. The Morgan fingerprint density at radius 2 is 2.19 bits per heavy atom. The number of alkyl halides is 2. The van der Waals surface area contributed by atoms with E-state index in [0.29, 0.717) is 18.1 Å². The molecule has 1 aliphatic heterocycles. The SMILES string of the molecule is CC(F)(F)COc1ncc(CN2Cc3c(ccnc3C(=O)O)C2=O)cc1Cl. The van der Waals surface area contributed by atoms with Gasteiger partial charge in [-0.1, -0.05) is 11.6 Å². The molecule has 0 bridgehead atoms. The molecule has 0 unspecified atom stereocenters. The maximum Gasteiger partial charge on any atom is 0.354 e. The van der Waals surface area contributed by atoms with Gasteiger partial charge in [-0.2, -0.15) is 0 Å². The van der Waals surface area contributed by atoms with Gasteiger partial charge in [0.25, 0.3) is 11.8 Å². The Balaban J connectivity index is 1.75. The minimum atomic E-state index is -3.02. The summed E-state index contributed by atoms with van der Waals surface area (Å²) in [6.07, 6.45) is 2.64. The van der Waals surface area contributed by atoms with Gasteiger partial charge in [-0.3, -0.25) is 4.79 Å². The molecular weight excluding hydrogens is 384 g/mol. The molecule has 0 saturated heterocycles. The van der Waals surface area contributed by atoms with Crippen LogP contribution < -0.4 is 4.74 Å².